The van der Waals surface area contributed by atoms with Crippen LogP contribution in [0.2, 0.25) is 0 Å². The van der Waals surface area contributed by atoms with Crippen LogP contribution < -0.4 is 15.0 Å². The number of H-pyrrole nitrogens is 1. The fraction of sp³-hybridized carbons (Fsp3) is 0.368. The molecule has 0 radical (unpaired) electrons. The molecule has 0 bridgehead atoms. The number of aromatic nitrogens is 6. The van der Waals surface area contributed by atoms with E-state index in [1.165, 1.54) is 0 Å². The zero-order valence-corrected chi connectivity index (χ0v) is 18.3. The number of likely N-dealkylation sites (N-methyl/N-ethyl adjacent to an activating group) is 1. The monoisotopic (exact) mass is 471 g/mol. The Labute approximate surface area is 181 Å². The van der Waals surface area contributed by atoms with Gasteiger partial charge in [-0.3, -0.25) is 0 Å². The molecule has 0 saturated carbocycles. The molecule has 0 spiro atoms. The Hall–Kier alpha value is -2.92. The molecule has 0 atom stereocenters. The second-order valence-electron chi connectivity index (χ2n) is 7.26. The predicted octanol–water partition coefficient (Wildman–Crippen LogP) is 2.14. The van der Waals surface area contributed by atoms with Crippen molar-refractivity contribution in [3.8, 4) is 5.75 Å². The highest BCUT2D eigenvalue weighted by Gasteiger charge is 2.20. The second kappa shape index (κ2) is 7.73. The Bertz CT molecular complexity index is 1200. The van der Waals surface area contributed by atoms with E-state index in [9.17, 15) is 0 Å². The Morgan fingerprint density at radius 3 is 2.83 bits per heavy atom. The van der Waals surface area contributed by atoms with Gasteiger partial charge in [0.15, 0.2) is 11.5 Å². The molecule has 4 aromatic rings. The number of piperazine rings is 1. The third kappa shape index (κ3) is 3.43. The van der Waals surface area contributed by atoms with Gasteiger partial charge in [0.05, 0.1) is 25.4 Å². The summed E-state index contributed by atoms with van der Waals surface area (Å²) in [6.07, 6.45) is 1.73. The van der Waals surface area contributed by atoms with Crippen LogP contribution in [0.25, 0.3) is 16.7 Å². The molecule has 4 heterocycles. The number of nitrogens with zero attached hydrogens (tertiary/aromatic N) is 7. The standard InChI is InChI=1S/C19H22BrN9O/c1-27-6-8-28(9-7-27)19-25-17(18-22-10-14(20)29(18)26-19)21-11-15-23-12-4-3-5-13(30-2)16(12)24-15/h3-5,10H,6-9,11H2,1-2H3,(H,23,24)(H,21,25,26). The van der Waals surface area contributed by atoms with Crippen LogP contribution in [0.4, 0.5) is 11.8 Å². The first kappa shape index (κ1) is 19.1. The predicted molar refractivity (Wildman–Crippen MR) is 118 cm³/mol. The fourth-order valence-corrected chi connectivity index (χ4v) is 3.92. The lowest BCUT2D eigenvalue weighted by Crippen LogP contribution is -2.45. The van der Waals surface area contributed by atoms with Crippen LogP contribution in [0, 0.1) is 0 Å². The first-order valence-electron chi connectivity index (χ1n) is 9.72. The molecule has 156 valence electrons. The number of hydrogen-bond donors (Lipinski definition) is 2. The number of aromatic amines is 1. The van der Waals surface area contributed by atoms with Gasteiger partial charge < -0.3 is 24.8 Å². The van der Waals surface area contributed by atoms with Crippen molar-refractivity contribution in [3.63, 3.8) is 0 Å². The minimum atomic E-state index is 0.469. The topological polar surface area (TPSA) is 99.5 Å². The first-order chi connectivity index (χ1) is 14.6. The summed E-state index contributed by atoms with van der Waals surface area (Å²) in [6.45, 7) is 4.21. The number of para-hydroxylation sites is 1. The Morgan fingerprint density at radius 1 is 1.20 bits per heavy atom. The van der Waals surface area contributed by atoms with E-state index in [-0.39, 0.29) is 0 Å². The lowest BCUT2D eigenvalue weighted by Gasteiger charge is -2.32. The zero-order valence-electron chi connectivity index (χ0n) is 16.8. The summed E-state index contributed by atoms with van der Waals surface area (Å²) in [6, 6.07) is 5.82. The van der Waals surface area contributed by atoms with E-state index < -0.39 is 0 Å². The summed E-state index contributed by atoms with van der Waals surface area (Å²) < 4.78 is 7.96. The molecular formula is C19H22BrN9O. The molecular weight excluding hydrogens is 450 g/mol. The summed E-state index contributed by atoms with van der Waals surface area (Å²) in [5.74, 6) is 2.88. The van der Waals surface area contributed by atoms with Gasteiger partial charge in [-0.25, -0.2) is 9.97 Å². The molecule has 0 amide bonds. The van der Waals surface area contributed by atoms with Gasteiger partial charge in [0.1, 0.15) is 21.7 Å². The Kier molecular flexibility index (Phi) is 4.91. The van der Waals surface area contributed by atoms with Crippen LogP contribution in [0.1, 0.15) is 5.82 Å². The molecule has 11 heteroatoms. The van der Waals surface area contributed by atoms with Gasteiger partial charge in [0.25, 0.3) is 0 Å². The van der Waals surface area contributed by atoms with Gasteiger partial charge in [-0.2, -0.15) is 9.50 Å². The maximum atomic E-state index is 5.40. The average Bonchev–Trinajstić information content (AvgIpc) is 3.35. The fourth-order valence-electron chi connectivity index (χ4n) is 3.58. The quantitative estimate of drug-likeness (QED) is 0.456. The summed E-state index contributed by atoms with van der Waals surface area (Å²) in [7, 11) is 3.78. The molecule has 1 aliphatic heterocycles. The van der Waals surface area contributed by atoms with Crippen molar-refractivity contribution in [1.29, 1.82) is 0 Å². The van der Waals surface area contributed by atoms with Gasteiger partial charge in [-0.1, -0.05) is 6.07 Å². The van der Waals surface area contributed by atoms with Crippen molar-refractivity contribution >= 4 is 44.4 Å². The van der Waals surface area contributed by atoms with E-state index >= 15 is 0 Å². The van der Waals surface area contributed by atoms with Crippen LogP contribution >= 0.6 is 15.9 Å². The number of methoxy groups -OCH3 is 1. The van der Waals surface area contributed by atoms with Crippen LogP contribution in [0.5, 0.6) is 5.75 Å². The Balaban J connectivity index is 1.45. The maximum absolute atomic E-state index is 5.40. The number of fused-ring (bicyclic) bond motifs is 2. The van der Waals surface area contributed by atoms with Crippen molar-refractivity contribution in [2.45, 2.75) is 6.54 Å². The highest BCUT2D eigenvalue weighted by atomic mass is 79.9. The van der Waals surface area contributed by atoms with Gasteiger partial charge in [-0.05, 0) is 35.1 Å². The number of nitrogens with one attached hydrogen (secondary N) is 2. The largest absolute Gasteiger partial charge is 0.494 e. The highest BCUT2D eigenvalue weighted by Crippen LogP contribution is 2.25. The number of imidazole rings is 2. The third-order valence-corrected chi connectivity index (χ3v) is 5.80. The molecule has 1 aromatic carbocycles. The zero-order chi connectivity index (χ0) is 20.7. The number of halogens is 1. The summed E-state index contributed by atoms with van der Waals surface area (Å²) in [5.41, 5.74) is 2.40. The van der Waals surface area contributed by atoms with Crippen molar-refractivity contribution in [3.05, 3.63) is 34.8 Å². The molecule has 1 saturated heterocycles. The maximum Gasteiger partial charge on any atom is 0.245 e. The third-order valence-electron chi connectivity index (χ3n) is 5.26. The van der Waals surface area contributed by atoms with Gasteiger partial charge >= 0.3 is 0 Å². The molecule has 2 N–H and O–H groups in total. The van der Waals surface area contributed by atoms with E-state index in [2.05, 4.69) is 58.1 Å². The lowest BCUT2D eigenvalue weighted by atomic mass is 10.3. The number of rotatable bonds is 5. The summed E-state index contributed by atoms with van der Waals surface area (Å²) in [5, 5.41) is 8.06. The normalized spacial score (nSPS) is 15.2. The van der Waals surface area contributed by atoms with Gasteiger partial charge in [0, 0.05) is 26.2 Å². The average molecular weight is 472 g/mol. The minimum absolute atomic E-state index is 0.469. The van der Waals surface area contributed by atoms with E-state index in [1.807, 2.05) is 18.2 Å². The van der Waals surface area contributed by atoms with Crippen molar-refractivity contribution in [2.24, 2.45) is 0 Å². The smallest absolute Gasteiger partial charge is 0.245 e. The minimum Gasteiger partial charge on any atom is -0.494 e. The molecule has 30 heavy (non-hydrogen) atoms. The number of hydrogen-bond acceptors (Lipinski definition) is 8. The van der Waals surface area contributed by atoms with Crippen molar-refractivity contribution < 1.29 is 4.74 Å². The summed E-state index contributed by atoms with van der Waals surface area (Å²) >= 11 is 3.53. The lowest BCUT2D eigenvalue weighted by molar-refractivity contribution is 0.310. The van der Waals surface area contributed by atoms with Gasteiger partial charge in [-0.15, -0.1) is 5.10 Å². The van der Waals surface area contributed by atoms with Crippen LogP contribution in [-0.2, 0) is 6.54 Å². The molecule has 5 rings (SSSR count). The van der Waals surface area contributed by atoms with Crippen molar-refractivity contribution in [1.82, 2.24) is 34.4 Å². The Morgan fingerprint density at radius 2 is 2.03 bits per heavy atom. The molecule has 10 nitrogen and oxygen atoms in total. The number of benzene rings is 1. The van der Waals surface area contributed by atoms with E-state index in [4.69, 9.17) is 9.72 Å². The van der Waals surface area contributed by atoms with E-state index in [1.54, 1.807) is 17.8 Å². The van der Waals surface area contributed by atoms with Crippen LogP contribution in [0.15, 0.2) is 29.0 Å². The SMILES string of the molecule is COc1cccc2[nH]c(CNc3nc(N4CCN(C)CC4)nn4c(Br)cnc34)nc12. The first-order valence-corrected chi connectivity index (χ1v) is 10.5. The van der Waals surface area contributed by atoms with Crippen LogP contribution in [0.3, 0.4) is 0 Å². The van der Waals surface area contributed by atoms with E-state index in [0.29, 0.717) is 24.0 Å². The van der Waals surface area contributed by atoms with Crippen LogP contribution in [-0.4, -0.2) is 74.8 Å². The second-order valence-corrected chi connectivity index (χ2v) is 8.07. The van der Waals surface area contributed by atoms with Gasteiger partial charge in [0.2, 0.25) is 5.95 Å². The number of ether oxygens (including phenoxy) is 1. The van der Waals surface area contributed by atoms with E-state index in [0.717, 1.165) is 53.4 Å². The highest BCUT2D eigenvalue weighted by molar-refractivity contribution is 9.10. The summed E-state index contributed by atoms with van der Waals surface area (Å²) in [4.78, 5) is 21.7. The molecule has 1 aliphatic rings. The van der Waals surface area contributed by atoms with Crippen molar-refractivity contribution in [2.75, 3.05) is 50.6 Å². The molecule has 0 unspecified atom stereocenters. The number of anilines is 2. The molecule has 3 aromatic heterocycles. The molecule has 1 fully saturated rings. The molecule has 0 aliphatic carbocycles.